The van der Waals surface area contributed by atoms with Crippen molar-refractivity contribution < 1.29 is 14.3 Å². The van der Waals surface area contributed by atoms with E-state index in [9.17, 15) is 9.59 Å². The Balaban J connectivity index is 2.37. The number of hydrogen-bond acceptors (Lipinski definition) is 5. The van der Waals surface area contributed by atoms with Crippen LogP contribution >= 0.6 is 0 Å². The molecule has 0 saturated carbocycles. The van der Waals surface area contributed by atoms with Crippen LogP contribution in [-0.4, -0.2) is 37.1 Å². The van der Waals surface area contributed by atoms with Crippen LogP contribution in [0, 0.1) is 0 Å². The van der Waals surface area contributed by atoms with Gasteiger partial charge in [-0.2, -0.15) is 0 Å². The van der Waals surface area contributed by atoms with Crippen molar-refractivity contribution in [3.8, 4) is 0 Å². The van der Waals surface area contributed by atoms with Gasteiger partial charge in [-0.25, -0.2) is 0 Å². The molecule has 0 spiro atoms. The molecule has 1 amide bonds. The Kier molecular flexibility index (Phi) is 6.35. The normalized spacial score (nSPS) is 9.79. The monoisotopic (exact) mass is 265 g/mol. The summed E-state index contributed by atoms with van der Waals surface area (Å²) in [6, 6.07) is 3.44. The smallest absolute Gasteiger partial charge is 0.305 e. The largest absolute Gasteiger partial charge is 0.466 e. The number of rotatable bonds is 7. The number of amides is 1. The van der Waals surface area contributed by atoms with Crippen LogP contribution in [0.4, 0.5) is 5.69 Å². The Morgan fingerprint density at radius 1 is 1.42 bits per heavy atom. The molecule has 19 heavy (non-hydrogen) atoms. The standard InChI is InChI=1S/C13H19N3O3/c1-3-19-12(17)5-4-7-15-10-6-8-16-11(9-10)13(18)14-2/h6,8-9H,3-5,7H2,1-2H3,(H,14,18)(H,15,16). The minimum Gasteiger partial charge on any atom is -0.466 e. The van der Waals surface area contributed by atoms with E-state index in [0.29, 0.717) is 31.7 Å². The molecule has 0 aliphatic heterocycles. The van der Waals surface area contributed by atoms with Crippen LogP contribution in [0.25, 0.3) is 0 Å². The lowest BCUT2D eigenvalue weighted by Crippen LogP contribution is -2.19. The quantitative estimate of drug-likeness (QED) is 0.572. The van der Waals surface area contributed by atoms with Gasteiger partial charge in [0.05, 0.1) is 6.61 Å². The maximum Gasteiger partial charge on any atom is 0.305 e. The van der Waals surface area contributed by atoms with E-state index in [1.54, 1.807) is 32.3 Å². The third-order valence-electron chi connectivity index (χ3n) is 2.41. The van der Waals surface area contributed by atoms with Crippen LogP contribution in [0.1, 0.15) is 30.3 Å². The second-order valence-corrected chi connectivity index (χ2v) is 3.84. The fourth-order valence-corrected chi connectivity index (χ4v) is 1.49. The van der Waals surface area contributed by atoms with Gasteiger partial charge in [0.15, 0.2) is 0 Å². The second-order valence-electron chi connectivity index (χ2n) is 3.84. The maximum absolute atomic E-state index is 11.4. The van der Waals surface area contributed by atoms with Gasteiger partial charge in [0.25, 0.3) is 5.91 Å². The summed E-state index contributed by atoms with van der Waals surface area (Å²) in [6.45, 7) is 2.83. The van der Waals surface area contributed by atoms with Crippen molar-refractivity contribution in [3.05, 3.63) is 24.0 Å². The Hall–Kier alpha value is -2.11. The lowest BCUT2D eigenvalue weighted by molar-refractivity contribution is -0.143. The van der Waals surface area contributed by atoms with Gasteiger partial charge >= 0.3 is 5.97 Å². The summed E-state index contributed by atoms with van der Waals surface area (Å²) >= 11 is 0. The van der Waals surface area contributed by atoms with E-state index < -0.39 is 0 Å². The molecule has 0 unspecified atom stereocenters. The van der Waals surface area contributed by atoms with Gasteiger partial charge in [0.2, 0.25) is 0 Å². The van der Waals surface area contributed by atoms with Gasteiger partial charge in [0.1, 0.15) is 5.69 Å². The molecule has 6 nitrogen and oxygen atoms in total. The predicted octanol–water partition coefficient (Wildman–Crippen LogP) is 1.20. The Morgan fingerprint density at radius 2 is 2.21 bits per heavy atom. The first-order valence-electron chi connectivity index (χ1n) is 6.25. The van der Waals surface area contributed by atoms with E-state index in [0.717, 1.165) is 5.69 Å². The Morgan fingerprint density at radius 3 is 2.89 bits per heavy atom. The van der Waals surface area contributed by atoms with Crippen LogP contribution in [0.15, 0.2) is 18.3 Å². The molecule has 6 heteroatoms. The third kappa shape index (κ3) is 5.37. The number of nitrogens with zero attached hydrogens (tertiary/aromatic N) is 1. The summed E-state index contributed by atoms with van der Waals surface area (Å²) in [6.07, 6.45) is 2.63. The highest BCUT2D eigenvalue weighted by Crippen LogP contribution is 2.08. The molecular weight excluding hydrogens is 246 g/mol. The minimum absolute atomic E-state index is 0.190. The van der Waals surface area contributed by atoms with E-state index in [-0.39, 0.29) is 11.9 Å². The van der Waals surface area contributed by atoms with E-state index in [1.165, 1.54) is 0 Å². The molecule has 0 aromatic carbocycles. The molecule has 0 aliphatic rings. The van der Waals surface area contributed by atoms with Gasteiger partial charge in [-0.15, -0.1) is 0 Å². The average molecular weight is 265 g/mol. The number of nitrogens with one attached hydrogen (secondary N) is 2. The lowest BCUT2D eigenvalue weighted by Gasteiger charge is -2.07. The van der Waals surface area contributed by atoms with Gasteiger partial charge in [0, 0.05) is 31.9 Å². The van der Waals surface area contributed by atoms with Crippen LogP contribution in [-0.2, 0) is 9.53 Å². The highest BCUT2D eigenvalue weighted by Gasteiger charge is 2.05. The molecule has 0 fully saturated rings. The number of anilines is 1. The molecule has 0 aliphatic carbocycles. The van der Waals surface area contributed by atoms with Crippen LogP contribution in [0.3, 0.4) is 0 Å². The second kappa shape index (κ2) is 8.07. The first-order chi connectivity index (χ1) is 9.17. The number of hydrogen-bond donors (Lipinski definition) is 2. The van der Waals surface area contributed by atoms with E-state index in [4.69, 9.17) is 4.74 Å². The zero-order chi connectivity index (χ0) is 14.1. The number of carbonyl (C=O) groups is 2. The van der Waals surface area contributed by atoms with Crippen molar-refractivity contribution in [3.63, 3.8) is 0 Å². The fraction of sp³-hybridized carbons (Fsp3) is 0.462. The molecule has 1 rings (SSSR count). The molecular formula is C13H19N3O3. The zero-order valence-corrected chi connectivity index (χ0v) is 11.2. The summed E-state index contributed by atoms with van der Waals surface area (Å²) < 4.78 is 4.83. The van der Waals surface area contributed by atoms with Crippen LogP contribution < -0.4 is 10.6 Å². The van der Waals surface area contributed by atoms with Gasteiger partial charge < -0.3 is 15.4 Å². The van der Waals surface area contributed by atoms with E-state index >= 15 is 0 Å². The summed E-state index contributed by atoms with van der Waals surface area (Å²) in [5, 5.41) is 5.65. The SMILES string of the molecule is CCOC(=O)CCCNc1ccnc(C(=O)NC)c1. The van der Waals surface area contributed by atoms with Gasteiger partial charge in [-0.3, -0.25) is 14.6 Å². The summed E-state index contributed by atoms with van der Waals surface area (Å²) in [5.41, 5.74) is 1.16. The first kappa shape index (κ1) is 14.9. The third-order valence-corrected chi connectivity index (χ3v) is 2.41. The summed E-state index contributed by atoms with van der Waals surface area (Å²) in [5.74, 6) is -0.416. The molecule has 0 atom stereocenters. The van der Waals surface area contributed by atoms with Crippen molar-refractivity contribution in [2.75, 3.05) is 25.5 Å². The van der Waals surface area contributed by atoms with E-state index in [1.807, 2.05) is 0 Å². The van der Waals surface area contributed by atoms with Crippen LogP contribution in [0.5, 0.6) is 0 Å². The van der Waals surface area contributed by atoms with Crippen molar-refractivity contribution in [1.82, 2.24) is 10.3 Å². The molecule has 0 radical (unpaired) electrons. The summed E-state index contributed by atoms with van der Waals surface area (Å²) in [4.78, 5) is 26.5. The topological polar surface area (TPSA) is 80.3 Å². The highest BCUT2D eigenvalue weighted by atomic mass is 16.5. The Labute approximate surface area is 112 Å². The number of ether oxygens (including phenoxy) is 1. The average Bonchev–Trinajstić information content (AvgIpc) is 2.43. The molecule has 1 aromatic heterocycles. The molecule has 104 valence electrons. The molecule has 0 saturated heterocycles. The lowest BCUT2D eigenvalue weighted by atomic mass is 10.2. The Bertz CT molecular complexity index is 435. The number of carbonyl (C=O) groups excluding carboxylic acids is 2. The minimum atomic E-state index is -0.227. The van der Waals surface area contributed by atoms with Crippen molar-refractivity contribution in [1.29, 1.82) is 0 Å². The van der Waals surface area contributed by atoms with Crippen LogP contribution in [0.2, 0.25) is 0 Å². The number of aromatic nitrogens is 1. The zero-order valence-electron chi connectivity index (χ0n) is 11.2. The molecule has 1 heterocycles. The number of pyridine rings is 1. The molecule has 0 bridgehead atoms. The number of esters is 1. The molecule has 2 N–H and O–H groups in total. The van der Waals surface area contributed by atoms with Crippen molar-refractivity contribution >= 4 is 17.6 Å². The predicted molar refractivity (Wildman–Crippen MR) is 72.0 cm³/mol. The highest BCUT2D eigenvalue weighted by molar-refractivity contribution is 5.92. The van der Waals surface area contributed by atoms with Crippen molar-refractivity contribution in [2.24, 2.45) is 0 Å². The fourth-order valence-electron chi connectivity index (χ4n) is 1.49. The van der Waals surface area contributed by atoms with Crippen molar-refractivity contribution in [2.45, 2.75) is 19.8 Å². The van der Waals surface area contributed by atoms with Gasteiger partial charge in [-0.05, 0) is 25.5 Å². The summed E-state index contributed by atoms with van der Waals surface area (Å²) in [7, 11) is 1.56. The van der Waals surface area contributed by atoms with E-state index in [2.05, 4.69) is 15.6 Å². The molecule has 1 aromatic rings. The van der Waals surface area contributed by atoms with Gasteiger partial charge in [-0.1, -0.05) is 0 Å². The first-order valence-corrected chi connectivity index (χ1v) is 6.25. The maximum atomic E-state index is 11.4.